The minimum absolute atomic E-state index is 0.202. The Morgan fingerprint density at radius 3 is 2.47 bits per heavy atom. The number of carboxylic acid groups (broad SMARTS) is 1. The molecule has 5 nitrogen and oxygen atoms in total. The molecule has 0 spiro atoms. The molecule has 19 heavy (non-hydrogen) atoms. The fourth-order valence-corrected chi connectivity index (χ4v) is 2.26. The van der Waals surface area contributed by atoms with Crippen LogP contribution in [0.15, 0.2) is 48.5 Å². The summed E-state index contributed by atoms with van der Waals surface area (Å²) >= 11 is 0. The van der Waals surface area contributed by atoms with Crippen molar-refractivity contribution in [3.63, 3.8) is 0 Å². The number of hydrogen-bond donors (Lipinski definition) is 4. The van der Waals surface area contributed by atoms with Gasteiger partial charge in [0, 0.05) is 5.56 Å². The summed E-state index contributed by atoms with van der Waals surface area (Å²) in [5.41, 5.74) is 8.52. The highest BCUT2D eigenvalue weighted by Crippen LogP contribution is 2.38. The molecule has 1 unspecified atom stereocenters. The van der Waals surface area contributed by atoms with Gasteiger partial charge in [0.2, 0.25) is 0 Å². The third-order valence-electron chi connectivity index (χ3n) is 3.18. The van der Waals surface area contributed by atoms with Gasteiger partial charge in [-0.15, -0.1) is 0 Å². The molecular formula is C14H13N3O2. The minimum Gasteiger partial charge on any atom is -0.478 e. The highest BCUT2D eigenvalue weighted by Gasteiger charge is 2.36. The van der Waals surface area contributed by atoms with Crippen LogP contribution in [0.5, 0.6) is 0 Å². The topological polar surface area (TPSA) is 87.4 Å². The molecule has 0 aliphatic carbocycles. The zero-order valence-electron chi connectivity index (χ0n) is 10.1. The molecule has 5 N–H and O–H groups in total. The first-order valence-corrected chi connectivity index (χ1v) is 5.87. The van der Waals surface area contributed by atoms with Gasteiger partial charge in [0.1, 0.15) is 0 Å². The van der Waals surface area contributed by atoms with Gasteiger partial charge in [-0.1, -0.05) is 36.4 Å². The van der Waals surface area contributed by atoms with Crippen molar-refractivity contribution in [1.82, 2.24) is 0 Å². The number of hydrogen-bond acceptors (Lipinski definition) is 4. The van der Waals surface area contributed by atoms with Crippen molar-refractivity contribution >= 4 is 17.3 Å². The van der Waals surface area contributed by atoms with Gasteiger partial charge in [-0.05, 0) is 12.1 Å². The number of rotatable bonds is 2. The van der Waals surface area contributed by atoms with Crippen LogP contribution in [0, 0.1) is 0 Å². The number of nitrogens with two attached hydrogens (primary N) is 1. The Labute approximate surface area is 110 Å². The summed E-state index contributed by atoms with van der Waals surface area (Å²) in [5, 5.41) is 15.4. The first-order chi connectivity index (χ1) is 9.10. The second-order valence-electron chi connectivity index (χ2n) is 4.46. The average Bonchev–Trinajstić information content (AvgIpc) is 2.77. The van der Waals surface area contributed by atoms with Crippen molar-refractivity contribution in [2.45, 2.75) is 5.79 Å². The van der Waals surface area contributed by atoms with E-state index in [9.17, 15) is 9.90 Å². The van der Waals surface area contributed by atoms with E-state index in [0.29, 0.717) is 11.4 Å². The molecule has 5 heteroatoms. The molecule has 2 aromatic carbocycles. The second-order valence-corrected chi connectivity index (χ2v) is 4.46. The van der Waals surface area contributed by atoms with Crippen LogP contribution in [0.4, 0.5) is 11.4 Å². The molecule has 2 aromatic rings. The lowest BCUT2D eigenvalue weighted by Crippen LogP contribution is -2.47. The van der Waals surface area contributed by atoms with Gasteiger partial charge in [0.15, 0.2) is 5.79 Å². The zero-order valence-corrected chi connectivity index (χ0v) is 10.1. The van der Waals surface area contributed by atoms with E-state index in [1.165, 1.54) is 0 Å². The Balaban J connectivity index is 2.05. The Morgan fingerprint density at radius 2 is 1.79 bits per heavy atom. The van der Waals surface area contributed by atoms with Crippen LogP contribution >= 0.6 is 0 Å². The van der Waals surface area contributed by atoms with Gasteiger partial charge in [-0.2, -0.15) is 0 Å². The Morgan fingerprint density at radius 1 is 1.05 bits per heavy atom. The highest BCUT2D eigenvalue weighted by molar-refractivity contribution is 5.99. The molecule has 0 saturated carbocycles. The van der Waals surface area contributed by atoms with Crippen LogP contribution < -0.4 is 16.4 Å². The largest absolute Gasteiger partial charge is 0.478 e. The summed E-state index contributed by atoms with van der Waals surface area (Å²) in [6.45, 7) is 0. The van der Waals surface area contributed by atoms with E-state index in [4.69, 9.17) is 5.73 Å². The lowest BCUT2D eigenvalue weighted by Gasteiger charge is -2.26. The summed E-state index contributed by atoms with van der Waals surface area (Å²) in [4.78, 5) is 11.2. The predicted molar refractivity (Wildman–Crippen MR) is 73.0 cm³/mol. The SMILES string of the molecule is NC1(c2ccccc2)Nc2cccc(C(=O)O)c2N1. The van der Waals surface area contributed by atoms with Crippen molar-refractivity contribution < 1.29 is 9.90 Å². The molecule has 96 valence electrons. The summed E-state index contributed by atoms with van der Waals surface area (Å²) in [6, 6.07) is 14.5. The third-order valence-corrected chi connectivity index (χ3v) is 3.18. The minimum atomic E-state index is -0.991. The molecule has 1 aliphatic heterocycles. The van der Waals surface area contributed by atoms with E-state index >= 15 is 0 Å². The molecule has 0 aromatic heterocycles. The summed E-state index contributed by atoms with van der Waals surface area (Å²) in [7, 11) is 0. The Hall–Kier alpha value is -2.53. The molecule has 0 bridgehead atoms. The molecule has 0 radical (unpaired) electrons. The van der Waals surface area contributed by atoms with Crippen LogP contribution in [-0.2, 0) is 5.79 Å². The number of benzene rings is 2. The van der Waals surface area contributed by atoms with Crippen molar-refractivity contribution in [3.05, 3.63) is 59.7 Å². The monoisotopic (exact) mass is 255 g/mol. The number of anilines is 2. The summed E-state index contributed by atoms with van der Waals surface area (Å²) < 4.78 is 0. The first-order valence-electron chi connectivity index (χ1n) is 5.87. The smallest absolute Gasteiger partial charge is 0.337 e. The maximum atomic E-state index is 11.2. The molecule has 3 rings (SSSR count). The van der Waals surface area contributed by atoms with E-state index < -0.39 is 11.8 Å². The fourth-order valence-electron chi connectivity index (χ4n) is 2.26. The number of carboxylic acids is 1. The van der Waals surface area contributed by atoms with E-state index in [1.807, 2.05) is 30.3 Å². The van der Waals surface area contributed by atoms with Gasteiger partial charge in [-0.25, -0.2) is 4.79 Å². The Kier molecular flexibility index (Phi) is 2.43. The lowest BCUT2D eigenvalue weighted by atomic mass is 10.1. The van der Waals surface area contributed by atoms with Gasteiger partial charge in [-0.3, -0.25) is 5.73 Å². The molecule has 1 heterocycles. The van der Waals surface area contributed by atoms with Gasteiger partial charge in [0.25, 0.3) is 0 Å². The van der Waals surface area contributed by atoms with Gasteiger partial charge < -0.3 is 15.7 Å². The number of carbonyl (C=O) groups is 1. The number of fused-ring (bicyclic) bond motifs is 1. The average molecular weight is 255 g/mol. The van der Waals surface area contributed by atoms with E-state index in [2.05, 4.69) is 10.6 Å². The molecule has 0 fully saturated rings. The standard InChI is InChI=1S/C14H13N3O2/c15-14(9-5-2-1-3-6-9)16-11-8-4-7-10(13(18)19)12(11)17-14/h1-8,16-17H,15H2,(H,18,19). The molecule has 1 atom stereocenters. The van der Waals surface area contributed by atoms with E-state index in [1.54, 1.807) is 18.2 Å². The Bertz CT molecular complexity index is 642. The maximum Gasteiger partial charge on any atom is 0.337 e. The van der Waals surface area contributed by atoms with Crippen LogP contribution in [-0.4, -0.2) is 11.1 Å². The van der Waals surface area contributed by atoms with Gasteiger partial charge in [0.05, 0.1) is 16.9 Å². The second kappa shape index (κ2) is 4.00. The number of para-hydroxylation sites is 1. The summed E-state index contributed by atoms with van der Waals surface area (Å²) in [5.74, 6) is -1.97. The number of aromatic carboxylic acids is 1. The van der Waals surface area contributed by atoms with Crippen molar-refractivity contribution in [2.24, 2.45) is 5.73 Å². The molecule has 1 aliphatic rings. The van der Waals surface area contributed by atoms with Crippen molar-refractivity contribution in [1.29, 1.82) is 0 Å². The normalized spacial score (nSPS) is 20.3. The van der Waals surface area contributed by atoms with E-state index in [0.717, 1.165) is 5.56 Å². The van der Waals surface area contributed by atoms with Crippen LogP contribution in [0.25, 0.3) is 0 Å². The third kappa shape index (κ3) is 1.80. The van der Waals surface area contributed by atoms with Crippen molar-refractivity contribution in [2.75, 3.05) is 10.6 Å². The van der Waals surface area contributed by atoms with Gasteiger partial charge >= 0.3 is 5.97 Å². The highest BCUT2D eigenvalue weighted by atomic mass is 16.4. The van der Waals surface area contributed by atoms with Crippen molar-refractivity contribution in [3.8, 4) is 0 Å². The van der Waals surface area contributed by atoms with E-state index in [-0.39, 0.29) is 5.56 Å². The molecule has 0 amide bonds. The van der Waals surface area contributed by atoms with Crippen LogP contribution in [0.2, 0.25) is 0 Å². The molecule has 0 saturated heterocycles. The predicted octanol–water partition coefficient (Wildman–Crippen LogP) is 1.99. The lowest BCUT2D eigenvalue weighted by molar-refractivity contribution is 0.0698. The quantitative estimate of drug-likeness (QED) is 0.659. The zero-order chi connectivity index (χ0) is 13.5. The maximum absolute atomic E-state index is 11.2. The van der Waals surface area contributed by atoms with Crippen LogP contribution in [0.1, 0.15) is 15.9 Å². The fraction of sp³-hybridized carbons (Fsp3) is 0.0714. The van der Waals surface area contributed by atoms with Crippen LogP contribution in [0.3, 0.4) is 0 Å². The first kappa shape index (κ1) is 11.6. The molecular weight excluding hydrogens is 242 g/mol. The summed E-state index contributed by atoms with van der Waals surface area (Å²) in [6.07, 6.45) is 0. The number of nitrogens with one attached hydrogen (secondary N) is 2.